The molecular weight excluding hydrogens is 226 g/mol. The zero-order chi connectivity index (χ0) is 13.1. The highest BCUT2D eigenvalue weighted by molar-refractivity contribution is 5.78. The number of carbonyl (C=O) groups excluding carboxylic acids is 1. The first kappa shape index (κ1) is 12.1. The van der Waals surface area contributed by atoms with Crippen molar-refractivity contribution in [1.29, 1.82) is 5.26 Å². The molecule has 1 aromatic heterocycles. The molecule has 0 unspecified atom stereocenters. The quantitative estimate of drug-likeness (QED) is 0.772. The molecular formula is C14H13N3O. The molecule has 0 atom stereocenters. The molecule has 0 saturated carbocycles. The van der Waals surface area contributed by atoms with Crippen LogP contribution in [0.4, 0.5) is 0 Å². The maximum atomic E-state index is 10.9. The van der Waals surface area contributed by atoms with Gasteiger partial charge in [0, 0.05) is 5.69 Å². The minimum absolute atomic E-state index is 0.504. The van der Waals surface area contributed by atoms with Gasteiger partial charge in [0.2, 0.25) is 0 Å². The van der Waals surface area contributed by atoms with Gasteiger partial charge in [0.05, 0.1) is 29.4 Å². The molecule has 0 spiro atoms. The summed E-state index contributed by atoms with van der Waals surface area (Å²) >= 11 is 0. The Kier molecular flexibility index (Phi) is 3.24. The van der Waals surface area contributed by atoms with Crippen molar-refractivity contribution in [1.82, 2.24) is 9.78 Å². The summed E-state index contributed by atoms with van der Waals surface area (Å²) < 4.78 is 1.76. The Bertz CT molecular complexity index is 635. The molecule has 0 amide bonds. The first-order valence-electron chi connectivity index (χ1n) is 5.64. The summed E-state index contributed by atoms with van der Waals surface area (Å²) in [6.07, 6.45) is 0.824. The van der Waals surface area contributed by atoms with E-state index < -0.39 is 0 Å². The first-order valence-corrected chi connectivity index (χ1v) is 5.64. The fraction of sp³-hybridized carbons (Fsp3) is 0.214. The number of rotatable bonds is 3. The summed E-state index contributed by atoms with van der Waals surface area (Å²) in [7, 11) is 0. The van der Waals surface area contributed by atoms with Gasteiger partial charge in [-0.1, -0.05) is 18.2 Å². The molecule has 0 radical (unpaired) electrons. The van der Waals surface area contributed by atoms with E-state index in [0.717, 1.165) is 23.2 Å². The highest BCUT2D eigenvalue weighted by atomic mass is 16.1. The Balaban J connectivity index is 2.41. The molecule has 4 heteroatoms. The summed E-state index contributed by atoms with van der Waals surface area (Å²) in [6, 6.07) is 9.56. The van der Waals surface area contributed by atoms with Gasteiger partial charge < -0.3 is 0 Å². The molecule has 0 aliphatic heterocycles. The lowest BCUT2D eigenvalue weighted by molar-refractivity contribution is 0.112. The summed E-state index contributed by atoms with van der Waals surface area (Å²) in [4.78, 5) is 10.9. The fourth-order valence-electron chi connectivity index (χ4n) is 1.96. The first-order chi connectivity index (χ1) is 8.67. The van der Waals surface area contributed by atoms with E-state index in [1.165, 1.54) is 0 Å². The van der Waals surface area contributed by atoms with Crippen molar-refractivity contribution < 1.29 is 4.79 Å². The second kappa shape index (κ2) is 4.84. The van der Waals surface area contributed by atoms with Gasteiger partial charge in [-0.15, -0.1) is 0 Å². The number of carbonyl (C=O) groups is 1. The third-order valence-corrected chi connectivity index (χ3v) is 3.01. The average Bonchev–Trinajstić information content (AvgIpc) is 2.65. The van der Waals surface area contributed by atoms with Crippen molar-refractivity contribution >= 4 is 6.29 Å². The van der Waals surface area contributed by atoms with Crippen LogP contribution in [0.5, 0.6) is 0 Å². The summed E-state index contributed by atoms with van der Waals surface area (Å²) in [5, 5.41) is 13.4. The normalized spacial score (nSPS) is 10.1. The third kappa shape index (κ3) is 2.03. The van der Waals surface area contributed by atoms with E-state index in [1.54, 1.807) is 10.7 Å². The Labute approximate surface area is 105 Å². The summed E-state index contributed by atoms with van der Waals surface area (Å²) in [5.41, 5.74) is 3.72. The number of hydrogen-bond donors (Lipinski definition) is 0. The minimum atomic E-state index is 0.504. The van der Waals surface area contributed by atoms with Gasteiger partial charge in [-0.3, -0.25) is 9.48 Å². The lowest BCUT2D eigenvalue weighted by Gasteiger charge is -2.06. The molecule has 1 heterocycles. The monoisotopic (exact) mass is 239 g/mol. The number of nitrogens with zero attached hydrogens (tertiary/aromatic N) is 3. The highest BCUT2D eigenvalue weighted by Crippen LogP contribution is 2.14. The molecule has 0 bridgehead atoms. The molecule has 0 aliphatic rings. The van der Waals surface area contributed by atoms with Gasteiger partial charge in [0.15, 0.2) is 6.29 Å². The van der Waals surface area contributed by atoms with Crippen LogP contribution in [0.25, 0.3) is 0 Å². The highest BCUT2D eigenvalue weighted by Gasteiger charge is 2.11. The van der Waals surface area contributed by atoms with Crippen LogP contribution in [0.15, 0.2) is 24.3 Å². The number of aryl methyl sites for hydroxylation is 1. The van der Waals surface area contributed by atoms with E-state index in [9.17, 15) is 4.79 Å². The van der Waals surface area contributed by atoms with E-state index >= 15 is 0 Å². The van der Waals surface area contributed by atoms with Crippen LogP contribution in [-0.2, 0) is 6.54 Å². The lowest BCUT2D eigenvalue weighted by atomic mass is 10.1. The van der Waals surface area contributed by atoms with Crippen LogP contribution in [0.2, 0.25) is 0 Å². The predicted molar refractivity (Wildman–Crippen MR) is 67.3 cm³/mol. The molecule has 0 fully saturated rings. The van der Waals surface area contributed by atoms with Crippen molar-refractivity contribution in [3.63, 3.8) is 0 Å². The van der Waals surface area contributed by atoms with Gasteiger partial charge in [0.25, 0.3) is 0 Å². The largest absolute Gasteiger partial charge is 0.298 e. The van der Waals surface area contributed by atoms with E-state index in [0.29, 0.717) is 17.7 Å². The van der Waals surface area contributed by atoms with E-state index in [1.807, 2.05) is 32.0 Å². The third-order valence-electron chi connectivity index (χ3n) is 3.01. The standard InChI is InChI=1S/C14H13N3O/c1-10-14(9-18)11(2)17(16-10)8-13-6-4-3-5-12(13)7-15/h3-6,9H,8H2,1-2H3. The van der Waals surface area contributed by atoms with E-state index in [2.05, 4.69) is 11.2 Å². The van der Waals surface area contributed by atoms with Crippen molar-refractivity contribution in [2.75, 3.05) is 0 Å². The average molecular weight is 239 g/mol. The van der Waals surface area contributed by atoms with Crippen molar-refractivity contribution in [2.45, 2.75) is 20.4 Å². The SMILES string of the molecule is Cc1nn(Cc2ccccc2C#N)c(C)c1C=O. The zero-order valence-electron chi connectivity index (χ0n) is 10.3. The molecule has 18 heavy (non-hydrogen) atoms. The Morgan fingerprint density at radius 1 is 1.39 bits per heavy atom. The van der Waals surface area contributed by atoms with Crippen LogP contribution < -0.4 is 0 Å². The van der Waals surface area contributed by atoms with Crippen LogP contribution in [0, 0.1) is 25.2 Å². The van der Waals surface area contributed by atoms with Crippen molar-refractivity contribution in [3.05, 3.63) is 52.3 Å². The Hall–Kier alpha value is -2.41. The molecule has 0 saturated heterocycles. The van der Waals surface area contributed by atoms with Gasteiger partial charge in [0.1, 0.15) is 0 Å². The molecule has 2 aromatic rings. The van der Waals surface area contributed by atoms with Crippen LogP contribution in [-0.4, -0.2) is 16.1 Å². The molecule has 90 valence electrons. The van der Waals surface area contributed by atoms with Gasteiger partial charge in [-0.05, 0) is 25.5 Å². The number of hydrogen-bond acceptors (Lipinski definition) is 3. The number of benzene rings is 1. The molecule has 0 aliphatic carbocycles. The number of aromatic nitrogens is 2. The Morgan fingerprint density at radius 3 is 2.72 bits per heavy atom. The molecule has 2 rings (SSSR count). The minimum Gasteiger partial charge on any atom is -0.298 e. The lowest BCUT2D eigenvalue weighted by Crippen LogP contribution is -2.05. The van der Waals surface area contributed by atoms with Crippen LogP contribution >= 0.6 is 0 Å². The van der Waals surface area contributed by atoms with Crippen molar-refractivity contribution in [2.24, 2.45) is 0 Å². The van der Waals surface area contributed by atoms with E-state index in [4.69, 9.17) is 5.26 Å². The number of aldehydes is 1. The summed E-state index contributed by atoms with van der Waals surface area (Å²) in [6.45, 7) is 4.17. The van der Waals surface area contributed by atoms with E-state index in [-0.39, 0.29) is 0 Å². The predicted octanol–water partition coefficient (Wildman–Crippen LogP) is 2.23. The molecule has 4 nitrogen and oxygen atoms in total. The molecule has 0 N–H and O–H groups in total. The fourth-order valence-corrected chi connectivity index (χ4v) is 1.96. The number of nitriles is 1. The van der Waals surface area contributed by atoms with Gasteiger partial charge >= 0.3 is 0 Å². The second-order valence-electron chi connectivity index (χ2n) is 4.13. The van der Waals surface area contributed by atoms with Crippen LogP contribution in [0.3, 0.4) is 0 Å². The molecule has 1 aromatic carbocycles. The smallest absolute Gasteiger partial charge is 0.153 e. The maximum absolute atomic E-state index is 10.9. The maximum Gasteiger partial charge on any atom is 0.153 e. The topological polar surface area (TPSA) is 58.7 Å². The zero-order valence-corrected chi connectivity index (χ0v) is 10.3. The van der Waals surface area contributed by atoms with Gasteiger partial charge in [-0.2, -0.15) is 10.4 Å². The summed E-state index contributed by atoms with van der Waals surface area (Å²) in [5.74, 6) is 0. The van der Waals surface area contributed by atoms with Gasteiger partial charge in [-0.25, -0.2) is 0 Å². The van der Waals surface area contributed by atoms with Crippen LogP contribution in [0.1, 0.15) is 32.9 Å². The second-order valence-corrected chi connectivity index (χ2v) is 4.13. The Morgan fingerprint density at radius 2 is 2.11 bits per heavy atom. The van der Waals surface area contributed by atoms with Crippen molar-refractivity contribution in [3.8, 4) is 6.07 Å².